The van der Waals surface area contributed by atoms with E-state index >= 15 is 0 Å². The lowest BCUT2D eigenvalue weighted by Crippen LogP contribution is -2.26. The third kappa shape index (κ3) is 5.13. The summed E-state index contributed by atoms with van der Waals surface area (Å²) in [6, 6.07) is 9.83. The van der Waals surface area contributed by atoms with Gasteiger partial charge in [0.2, 0.25) is 0 Å². The van der Waals surface area contributed by atoms with Crippen molar-refractivity contribution in [2.24, 2.45) is 5.10 Å². The number of nitrogens with zero attached hydrogens (tertiary/aromatic N) is 1. The average Bonchev–Trinajstić information content (AvgIpc) is 2.66. The van der Waals surface area contributed by atoms with Crippen LogP contribution in [0.5, 0.6) is 11.5 Å². The molecule has 1 aliphatic heterocycles. The number of halogens is 3. The summed E-state index contributed by atoms with van der Waals surface area (Å²) < 4.78 is 48.8. The number of amides is 1. The summed E-state index contributed by atoms with van der Waals surface area (Å²) in [5.41, 5.74) is 2.40. The van der Waals surface area contributed by atoms with E-state index < -0.39 is 17.6 Å². The van der Waals surface area contributed by atoms with E-state index in [1.54, 1.807) is 18.2 Å². The molecule has 0 spiro atoms. The Balaban J connectivity index is 1.51. The number of benzene rings is 2. The molecule has 142 valence electrons. The quantitative estimate of drug-likeness (QED) is 0.619. The van der Waals surface area contributed by atoms with E-state index in [4.69, 9.17) is 9.47 Å². The number of carbonyl (C=O) groups is 1. The van der Waals surface area contributed by atoms with Crippen LogP contribution in [0.1, 0.15) is 11.1 Å². The Labute approximate surface area is 153 Å². The molecule has 1 aliphatic rings. The minimum Gasteiger partial charge on any atom is -0.486 e. The minimum absolute atomic E-state index is 0.191. The van der Waals surface area contributed by atoms with Gasteiger partial charge >= 0.3 is 6.18 Å². The summed E-state index contributed by atoms with van der Waals surface area (Å²) in [7, 11) is 0. The Morgan fingerprint density at radius 1 is 1.11 bits per heavy atom. The lowest BCUT2D eigenvalue weighted by atomic mass is 10.2. The molecule has 0 fully saturated rings. The van der Waals surface area contributed by atoms with Gasteiger partial charge in [0.25, 0.3) is 5.91 Å². The SMILES string of the molecule is O=C(CNc1cccc(C(F)(F)F)c1)N/N=C\c1ccc2c(c1)OCCO2. The lowest BCUT2D eigenvalue weighted by Gasteiger charge is -2.18. The number of alkyl halides is 3. The molecule has 0 aromatic heterocycles. The third-order valence-corrected chi connectivity index (χ3v) is 3.61. The van der Waals surface area contributed by atoms with Crippen LogP contribution < -0.4 is 20.2 Å². The average molecular weight is 379 g/mol. The fraction of sp³-hybridized carbons (Fsp3) is 0.222. The van der Waals surface area contributed by atoms with Crippen molar-refractivity contribution in [2.75, 3.05) is 25.1 Å². The van der Waals surface area contributed by atoms with Gasteiger partial charge in [-0.2, -0.15) is 18.3 Å². The molecule has 2 aromatic rings. The Morgan fingerprint density at radius 2 is 1.89 bits per heavy atom. The van der Waals surface area contributed by atoms with Crippen molar-refractivity contribution < 1.29 is 27.4 Å². The first-order valence-electron chi connectivity index (χ1n) is 8.04. The van der Waals surface area contributed by atoms with Gasteiger partial charge in [-0.3, -0.25) is 4.79 Å². The maximum Gasteiger partial charge on any atom is 0.416 e. The second kappa shape index (κ2) is 7.98. The molecule has 0 unspecified atom stereocenters. The van der Waals surface area contributed by atoms with Crippen LogP contribution in [0.25, 0.3) is 0 Å². The molecule has 2 aromatic carbocycles. The first-order chi connectivity index (χ1) is 12.9. The summed E-state index contributed by atoms with van der Waals surface area (Å²) in [5.74, 6) is 0.747. The smallest absolute Gasteiger partial charge is 0.416 e. The zero-order chi connectivity index (χ0) is 19.3. The van der Waals surface area contributed by atoms with Gasteiger partial charge in [-0.15, -0.1) is 0 Å². The summed E-state index contributed by atoms with van der Waals surface area (Å²) in [4.78, 5) is 11.8. The Hall–Kier alpha value is -3.23. The van der Waals surface area contributed by atoms with Crippen LogP contribution in [0.3, 0.4) is 0 Å². The molecule has 3 rings (SSSR count). The highest BCUT2D eigenvalue weighted by Crippen LogP contribution is 2.31. The van der Waals surface area contributed by atoms with Gasteiger partial charge in [0.05, 0.1) is 18.3 Å². The van der Waals surface area contributed by atoms with Crippen LogP contribution in [0, 0.1) is 0 Å². The molecule has 27 heavy (non-hydrogen) atoms. The van der Waals surface area contributed by atoms with Gasteiger partial charge in [-0.1, -0.05) is 6.07 Å². The van der Waals surface area contributed by atoms with E-state index in [0.29, 0.717) is 30.3 Å². The monoisotopic (exact) mass is 379 g/mol. The molecular formula is C18H16F3N3O3. The second-order valence-corrected chi connectivity index (χ2v) is 5.63. The van der Waals surface area contributed by atoms with Gasteiger partial charge < -0.3 is 14.8 Å². The van der Waals surface area contributed by atoms with Crippen molar-refractivity contribution in [3.05, 3.63) is 53.6 Å². The number of fused-ring (bicyclic) bond motifs is 1. The largest absolute Gasteiger partial charge is 0.486 e. The van der Waals surface area contributed by atoms with Crippen molar-refractivity contribution in [2.45, 2.75) is 6.18 Å². The molecular weight excluding hydrogens is 363 g/mol. The number of hydrogen-bond donors (Lipinski definition) is 2. The molecule has 0 bridgehead atoms. The van der Waals surface area contributed by atoms with Crippen molar-refractivity contribution >= 4 is 17.8 Å². The molecule has 0 aliphatic carbocycles. The molecule has 0 saturated carbocycles. The van der Waals surface area contributed by atoms with Gasteiger partial charge in [-0.05, 0) is 42.0 Å². The first kappa shape index (κ1) is 18.6. The summed E-state index contributed by atoms with van der Waals surface area (Å²) >= 11 is 0. The summed E-state index contributed by atoms with van der Waals surface area (Å²) in [5, 5.41) is 6.44. The molecule has 0 radical (unpaired) electrons. The predicted octanol–water partition coefficient (Wildman–Crippen LogP) is 3.04. The highest BCUT2D eigenvalue weighted by Gasteiger charge is 2.30. The Kier molecular flexibility index (Phi) is 5.49. The maximum atomic E-state index is 12.7. The van der Waals surface area contributed by atoms with E-state index in [0.717, 1.165) is 12.1 Å². The van der Waals surface area contributed by atoms with E-state index in [1.807, 2.05) is 0 Å². The van der Waals surface area contributed by atoms with E-state index in [-0.39, 0.29) is 12.2 Å². The molecule has 2 N–H and O–H groups in total. The molecule has 1 heterocycles. The van der Waals surface area contributed by atoms with Crippen molar-refractivity contribution in [3.63, 3.8) is 0 Å². The zero-order valence-electron chi connectivity index (χ0n) is 14.0. The van der Waals surface area contributed by atoms with Gasteiger partial charge in [0.1, 0.15) is 13.2 Å². The maximum absolute atomic E-state index is 12.7. The topological polar surface area (TPSA) is 72.0 Å². The first-order valence-corrected chi connectivity index (χ1v) is 8.04. The highest BCUT2D eigenvalue weighted by molar-refractivity contribution is 5.84. The second-order valence-electron chi connectivity index (χ2n) is 5.63. The molecule has 0 atom stereocenters. The number of hydrogen-bond acceptors (Lipinski definition) is 5. The standard InChI is InChI=1S/C18H16F3N3O3/c19-18(20,21)13-2-1-3-14(9-13)22-11-17(25)24-23-10-12-4-5-15-16(8-12)27-7-6-26-15/h1-5,8-10,22H,6-7,11H2,(H,24,25)/b23-10-. The summed E-state index contributed by atoms with van der Waals surface area (Å²) in [6.07, 6.45) is -3.01. The van der Waals surface area contributed by atoms with E-state index in [9.17, 15) is 18.0 Å². The van der Waals surface area contributed by atoms with Crippen LogP contribution in [0.15, 0.2) is 47.6 Å². The number of nitrogens with one attached hydrogen (secondary N) is 2. The Morgan fingerprint density at radius 3 is 2.67 bits per heavy atom. The molecule has 6 nitrogen and oxygen atoms in total. The van der Waals surface area contributed by atoms with Crippen molar-refractivity contribution in [3.8, 4) is 11.5 Å². The molecule has 9 heteroatoms. The normalized spacial score (nSPS) is 13.4. The fourth-order valence-corrected chi connectivity index (χ4v) is 2.35. The number of hydrazone groups is 1. The lowest BCUT2D eigenvalue weighted by molar-refractivity contribution is -0.137. The number of rotatable bonds is 5. The zero-order valence-corrected chi connectivity index (χ0v) is 14.0. The van der Waals surface area contributed by atoms with Gasteiger partial charge in [0, 0.05) is 5.69 Å². The van der Waals surface area contributed by atoms with Crippen molar-refractivity contribution in [1.29, 1.82) is 0 Å². The van der Waals surface area contributed by atoms with Gasteiger partial charge in [-0.25, -0.2) is 5.43 Å². The number of carbonyl (C=O) groups excluding carboxylic acids is 1. The highest BCUT2D eigenvalue weighted by atomic mass is 19.4. The third-order valence-electron chi connectivity index (χ3n) is 3.61. The number of anilines is 1. The van der Waals surface area contributed by atoms with E-state index in [1.165, 1.54) is 18.3 Å². The molecule has 0 saturated heterocycles. The van der Waals surface area contributed by atoms with Gasteiger partial charge in [0.15, 0.2) is 11.5 Å². The minimum atomic E-state index is -4.44. The van der Waals surface area contributed by atoms with Crippen LogP contribution in [-0.4, -0.2) is 31.9 Å². The molecule has 1 amide bonds. The predicted molar refractivity (Wildman–Crippen MR) is 93.1 cm³/mol. The van der Waals surface area contributed by atoms with Crippen LogP contribution in [0.4, 0.5) is 18.9 Å². The van der Waals surface area contributed by atoms with Crippen LogP contribution >= 0.6 is 0 Å². The Bertz CT molecular complexity index is 853. The fourth-order valence-electron chi connectivity index (χ4n) is 2.35. The van der Waals surface area contributed by atoms with E-state index in [2.05, 4.69) is 15.8 Å². The number of ether oxygens (including phenoxy) is 2. The van der Waals surface area contributed by atoms with Crippen LogP contribution in [0.2, 0.25) is 0 Å². The van der Waals surface area contributed by atoms with Crippen LogP contribution in [-0.2, 0) is 11.0 Å². The summed E-state index contributed by atoms with van der Waals surface area (Å²) in [6.45, 7) is 0.737. The van der Waals surface area contributed by atoms with Crippen molar-refractivity contribution in [1.82, 2.24) is 5.43 Å².